The molecule has 0 saturated heterocycles. The summed E-state index contributed by atoms with van der Waals surface area (Å²) in [5.74, 6) is 0.683. The molecular formula is C17H19N3. The Morgan fingerprint density at radius 1 is 1.40 bits per heavy atom. The largest absolute Gasteiger partial charge is 0.350 e. The topological polar surface area (TPSA) is 54.7 Å². The van der Waals surface area contributed by atoms with Gasteiger partial charge < -0.3 is 10.3 Å². The van der Waals surface area contributed by atoms with Gasteiger partial charge in [0.2, 0.25) is 0 Å². The fourth-order valence-corrected chi connectivity index (χ4v) is 2.62. The number of nitrogens with two attached hydrogens (primary N) is 1. The van der Waals surface area contributed by atoms with Crippen LogP contribution in [0.5, 0.6) is 0 Å². The minimum absolute atomic E-state index is 0.193. The molecule has 1 aromatic carbocycles. The Bertz CT molecular complexity index is 659. The fraction of sp³-hybridized carbons (Fsp3) is 0.353. The van der Waals surface area contributed by atoms with Gasteiger partial charge in [0.15, 0.2) is 0 Å². The van der Waals surface area contributed by atoms with Crippen molar-refractivity contribution in [1.82, 2.24) is 4.57 Å². The zero-order valence-corrected chi connectivity index (χ0v) is 11.7. The minimum Gasteiger partial charge on any atom is -0.350 e. The first-order valence-corrected chi connectivity index (χ1v) is 7.08. The smallest absolute Gasteiger partial charge is 0.0991 e. The van der Waals surface area contributed by atoms with Crippen molar-refractivity contribution in [3.8, 4) is 6.07 Å². The standard InChI is InChI=1S/C17H19N3/c1-12-8-13(9-18)2-3-15(12)10-20-7-6-16(11-20)17(19)14-4-5-14/h2-3,6-8,11,14,17H,4-5,10,19H2,1H3. The van der Waals surface area contributed by atoms with Gasteiger partial charge >= 0.3 is 0 Å². The maximum absolute atomic E-state index is 8.90. The SMILES string of the molecule is Cc1cc(C#N)ccc1Cn1ccc(C(N)C2CC2)c1. The lowest BCUT2D eigenvalue weighted by Gasteiger charge is -2.09. The molecule has 2 aromatic rings. The zero-order chi connectivity index (χ0) is 14.1. The van der Waals surface area contributed by atoms with Crippen molar-refractivity contribution in [3.05, 3.63) is 58.9 Å². The molecule has 1 aliphatic carbocycles. The van der Waals surface area contributed by atoms with E-state index in [0.717, 1.165) is 17.7 Å². The lowest BCUT2D eigenvalue weighted by molar-refractivity contribution is 0.630. The Morgan fingerprint density at radius 2 is 2.20 bits per heavy atom. The van der Waals surface area contributed by atoms with Crippen molar-refractivity contribution in [1.29, 1.82) is 5.26 Å². The van der Waals surface area contributed by atoms with Crippen molar-refractivity contribution in [3.63, 3.8) is 0 Å². The maximum Gasteiger partial charge on any atom is 0.0991 e. The number of hydrogen-bond donors (Lipinski definition) is 1. The van der Waals surface area contributed by atoms with Crippen LogP contribution in [0, 0.1) is 24.2 Å². The highest BCUT2D eigenvalue weighted by Crippen LogP contribution is 2.39. The summed E-state index contributed by atoms with van der Waals surface area (Å²) < 4.78 is 2.17. The molecule has 102 valence electrons. The summed E-state index contributed by atoms with van der Waals surface area (Å²) in [6.07, 6.45) is 6.78. The van der Waals surface area contributed by atoms with Crippen LogP contribution in [-0.2, 0) is 6.54 Å². The Hall–Kier alpha value is -2.05. The highest BCUT2D eigenvalue weighted by atomic mass is 14.9. The van der Waals surface area contributed by atoms with Crippen molar-refractivity contribution >= 4 is 0 Å². The van der Waals surface area contributed by atoms with Crippen LogP contribution in [0.4, 0.5) is 0 Å². The van der Waals surface area contributed by atoms with E-state index in [-0.39, 0.29) is 6.04 Å². The van der Waals surface area contributed by atoms with Gasteiger partial charge in [-0.25, -0.2) is 0 Å². The molecule has 1 unspecified atom stereocenters. The van der Waals surface area contributed by atoms with Crippen molar-refractivity contribution in [2.75, 3.05) is 0 Å². The third-order valence-electron chi connectivity index (χ3n) is 4.11. The number of nitriles is 1. The molecule has 1 aromatic heterocycles. The molecular weight excluding hydrogens is 246 g/mol. The zero-order valence-electron chi connectivity index (χ0n) is 11.7. The van der Waals surface area contributed by atoms with E-state index in [4.69, 9.17) is 11.0 Å². The summed E-state index contributed by atoms with van der Waals surface area (Å²) in [6, 6.07) is 10.3. The maximum atomic E-state index is 8.90. The van der Waals surface area contributed by atoms with E-state index >= 15 is 0 Å². The molecule has 1 atom stereocenters. The lowest BCUT2D eigenvalue weighted by Crippen LogP contribution is -2.11. The average molecular weight is 265 g/mol. The Balaban J connectivity index is 1.76. The van der Waals surface area contributed by atoms with Gasteiger partial charge in [-0.1, -0.05) is 6.07 Å². The number of aryl methyl sites for hydroxylation is 1. The molecule has 20 heavy (non-hydrogen) atoms. The van der Waals surface area contributed by atoms with Crippen LogP contribution in [0.3, 0.4) is 0 Å². The molecule has 1 saturated carbocycles. The second kappa shape index (κ2) is 5.15. The van der Waals surface area contributed by atoms with Crippen LogP contribution < -0.4 is 5.73 Å². The minimum atomic E-state index is 0.193. The Morgan fingerprint density at radius 3 is 2.85 bits per heavy atom. The second-order valence-corrected chi connectivity index (χ2v) is 5.73. The van der Waals surface area contributed by atoms with E-state index in [9.17, 15) is 0 Å². The second-order valence-electron chi connectivity index (χ2n) is 5.73. The van der Waals surface area contributed by atoms with Gasteiger partial charge in [0.25, 0.3) is 0 Å². The van der Waals surface area contributed by atoms with Crippen molar-refractivity contribution in [2.45, 2.75) is 32.4 Å². The van der Waals surface area contributed by atoms with Crippen LogP contribution in [0.15, 0.2) is 36.7 Å². The van der Waals surface area contributed by atoms with Crippen molar-refractivity contribution in [2.24, 2.45) is 11.7 Å². The number of hydrogen-bond acceptors (Lipinski definition) is 2. The molecule has 1 heterocycles. The van der Waals surface area contributed by atoms with Crippen LogP contribution >= 0.6 is 0 Å². The quantitative estimate of drug-likeness (QED) is 0.923. The van der Waals surface area contributed by atoms with Crippen LogP contribution in [0.1, 0.15) is 41.1 Å². The number of aromatic nitrogens is 1. The van der Waals surface area contributed by atoms with E-state index in [1.54, 1.807) is 0 Å². The molecule has 1 aliphatic rings. The van der Waals surface area contributed by atoms with Gasteiger partial charge in [-0.3, -0.25) is 0 Å². The van der Waals surface area contributed by atoms with E-state index < -0.39 is 0 Å². The summed E-state index contributed by atoms with van der Waals surface area (Å²) in [5, 5.41) is 8.90. The summed E-state index contributed by atoms with van der Waals surface area (Å²) >= 11 is 0. The van der Waals surface area contributed by atoms with E-state index in [0.29, 0.717) is 5.92 Å². The normalized spacial score (nSPS) is 15.8. The molecule has 0 radical (unpaired) electrons. The highest BCUT2D eigenvalue weighted by molar-refractivity contribution is 5.37. The molecule has 1 fully saturated rings. The first-order chi connectivity index (χ1) is 9.67. The molecule has 2 N–H and O–H groups in total. The lowest BCUT2D eigenvalue weighted by atomic mass is 10.1. The number of nitrogens with zero attached hydrogens (tertiary/aromatic N) is 2. The van der Waals surface area contributed by atoms with Gasteiger partial charge in [0, 0.05) is 25.0 Å². The Kier molecular flexibility index (Phi) is 3.33. The number of benzene rings is 1. The molecule has 3 heteroatoms. The third-order valence-corrected chi connectivity index (χ3v) is 4.11. The van der Waals surface area contributed by atoms with Gasteiger partial charge in [0.1, 0.15) is 0 Å². The monoisotopic (exact) mass is 265 g/mol. The summed E-state index contributed by atoms with van der Waals surface area (Å²) in [7, 11) is 0. The summed E-state index contributed by atoms with van der Waals surface area (Å²) in [6.45, 7) is 2.88. The van der Waals surface area contributed by atoms with Gasteiger partial charge in [-0.15, -0.1) is 0 Å². The van der Waals surface area contributed by atoms with Gasteiger partial charge in [-0.2, -0.15) is 5.26 Å². The first-order valence-electron chi connectivity index (χ1n) is 7.08. The molecule has 0 amide bonds. The third kappa shape index (κ3) is 2.61. The van der Waals surface area contributed by atoms with Crippen LogP contribution in [0.2, 0.25) is 0 Å². The molecule has 0 aliphatic heterocycles. The average Bonchev–Trinajstić information content (AvgIpc) is 3.20. The van der Waals surface area contributed by atoms with E-state index in [1.807, 2.05) is 18.2 Å². The molecule has 0 bridgehead atoms. The summed E-state index contributed by atoms with van der Waals surface area (Å²) in [4.78, 5) is 0. The molecule has 3 rings (SSSR count). The summed E-state index contributed by atoms with van der Waals surface area (Å²) in [5.41, 5.74) is 10.6. The predicted molar refractivity (Wildman–Crippen MR) is 79.1 cm³/mol. The fourth-order valence-electron chi connectivity index (χ4n) is 2.62. The molecule has 0 spiro atoms. The Labute approximate surface area is 119 Å². The molecule has 3 nitrogen and oxygen atoms in total. The van der Waals surface area contributed by atoms with Crippen LogP contribution in [0.25, 0.3) is 0 Å². The highest BCUT2D eigenvalue weighted by Gasteiger charge is 2.29. The van der Waals surface area contributed by atoms with E-state index in [1.165, 1.54) is 24.0 Å². The first kappa shape index (κ1) is 13.0. The van der Waals surface area contributed by atoms with Gasteiger partial charge in [0.05, 0.1) is 11.6 Å². The van der Waals surface area contributed by atoms with Gasteiger partial charge in [-0.05, 0) is 60.6 Å². The number of rotatable bonds is 4. The predicted octanol–water partition coefficient (Wildman–Crippen LogP) is 3.13. The van der Waals surface area contributed by atoms with Crippen LogP contribution in [-0.4, -0.2) is 4.57 Å². The van der Waals surface area contributed by atoms with E-state index in [2.05, 4.69) is 36.0 Å². The van der Waals surface area contributed by atoms with Crippen molar-refractivity contribution < 1.29 is 0 Å².